The number of carbonyl (C=O) groups is 2. The fraction of sp³-hybridized carbons (Fsp3) is 0.364. The lowest BCUT2D eigenvalue weighted by Crippen LogP contribution is -2.50. The molecule has 1 fully saturated rings. The first-order chi connectivity index (χ1) is 14.0. The van der Waals surface area contributed by atoms with Crippen molar-refractivity contribution in [3.63, 3.8) is 0 Å². The van der Waals surface area contributed by atoms with Gasteiger partial charge in [0, 0.05) is 43.2 Å². The van der Waals surface area contributed by atoms with Crippen molar-refractivity contribution in [2.45, 2.75) is 20.3 Å². The standard InChI is InChI=1S/C22H26FN3O2S/c1-3-14-29-24-20-9-8-17(15-16(20)2)21(27)25-10-12-26(13-11-25)22(28)18-6-4-5-7-19(18)23/h4-9,15,24H,3,10-14H2,1-2H3. The highest BCUT2D eigenvalue weighted by Gasteiger charge is 2.26. The second-order valence-corrected chi connectivity index (χ2v) is 7.95. The molecule has 2 amide bonds. The van der Waals surface area contributed by atoms with Crippen LogP contribution in [0.2, 0.25) is 0 Å². The average molecular weight is 416 g/mol. The summed E-state index contributed by atoms with van der Waals surface area (Å²) in [5.74, 6) is 0.137. The number of rotatable bonds is 6. The first-order valence-electron chi connectivity index (χ1n) is 9.82. The minimum absolute atomic E-state index is 0.0427. The Morgan fingerprint density at radius 1 is 1.03 bits per heavy atom. The maximum absolute atomic E-state index is 13.9. The molecule has 0 aromatic heterocycles. The van der Waals surface area contributed by atoms with Crippen LogP contribution in [0.15, 0.2) is 42.5 Å². The van der Waals surface area contributed by atoms with Gasteiger partial charge in [0.05, 0.1) is 5.56 Å². The summed E-state index contributed by atoms with van der Waals surface area (Å²) in [6, 6.07) is 11.7. The number of piperazine rings is 1. The van der Waals surface area contributed by atoms with Gasteiger partial charge in [-0.05, 0) is 49.2 Å². The highest BCUT2D eigenvalue weighted by molar-refractivity contribution is 8.00. The van der Waals surface area contributed by atoms with Crippen LogP contribution in [0.3, 0.4) is 0 Å². The van der Waals surface area contributed by atoms with E-state index in [1.165, 1.54) is 12.1 Å². The Hall–Kier alpha value is -2.54. The number of halogens is 1. The second kappa shape index (κ2) is 9.78. The van der Waals surface area contributed by atoms with Crippen LogP contribution in [0.25, 0.3) is 0 Å². The van der Waals surface area contributed by atoms with Crippen LogP contribution in [0.4, 0.5) is 10.1 Å². The van der Waals surface area contributed by atoms with Crippen LogP contribution in [0.5, 0.6) is 0 Å². The van der Waals surface area contributed by atoms with Crippen molar-refractivity contribution in [3.05, 3.63) is 65.0 Å². The van der Waals surface area contributed by atoms with E-state index in [2.05, 4.69) is 11.6 Å². The van der Waals surface area contributed by atoms with Gasteiger partial charge in [0.25, 0.3) is 11.8 Å². The van der Waals surface area contributed by atoms with Gasteiger partial charge in [0.1, 0.15) is 5.82 Å². The van der Waals surface area contributed by atoms with Crippen LogP contribution >= 0.6 is 11.9 Å². The van der Waals surface area contributed by atoms with Crippen LogP contribution in [0.1, 0.15) is 39.6 Å². The largest absolute Gasteiger partial charge is 0.335 e. The van der Waals surface area contributed by atoms with Crippen molar-refractivity contribution >= 4 is 29.4 Å². The van der Waals surface area contributed by atoms with Crippen molar-refractivity contribution < 1.29 is 14.0 Å². The number of amides is 2. The van der Waals surface area contributed by atoms with E-state index in [0.717, 1.165) is 23.4 Å². The second-order valence-electron chi connectivity index (χ2n) is 7.04. The van der Waals surface area contributed by atoms with Crippen molar-refractivity contribution in [1.82, 2.24) is 9.80 Å². The number of aryl methyl sites for hydroxylation is 1. The van der Waals surface area contributed by atoms with Crippen molar-refractivity contribution in [1.29, 1.82) is 0 Å². The Morgan fingerprint density at radius 3 is 2.31 bits per heavy atom. The van der Waals surface area contributed by atoms with Crippen molar-refractivity contribution in [2.75, 3.05) is 36.7 Å². The quantitative estimate of drug-likeness (QED) is 0.567. The van der Waals surface area contributed by atoms with Crippen LogP contribution in [-0.4, -0.2) is 53.5 Å². The minimum atomic E-state index is -0.516. The van der Waals surface area contributed by atoms with Gasteiger partial charge in [-0.25, -0.2) is 4.39 Å². The molecule has 0 radical (unpaired) electrons. The van der Waals surface area contributed by atoms with Crippen molar-refractivity contribution in [2.24, 2.45) is 0 Å². The van der Waals surface area contributed by atoms with E-state index in [-0.39, 0.29) is 17.4 Å². The summed E-state index contributed by atoms with van der Waals surface area (Å²) in [4.78, 5) is 28.7. The lowest BCUT2D eigenvalue weighted by atomic mass is 10.1. The number of anilines is 1. The van der Waals surface area contributed by atoms with Crippen LogP contribution in [-0.2, 0) is 0 Å². The van der Waals surface area contributed by atoms with E-state index < -0.39 is 5.82 Å². The molecular formula is C22H26FN3O2S. The summed E-state index contributed by atoms with van der Waals surface area (Å²) in [5, 5.41) is 0. The van der Waals surface area contributed by atoms with Gasteiger partial charge >= 0.3 is 0 Å². The Balaban J connectivity index is 1.59. The van der Waals surface area contributed by atoms with Gasteiger partial charge in [-0.3, -0.25) is 9.59 Å². The summed E-state index contributed by atoms with van der Waals surface area (Å²) < 4.78 is 17.2. The third kappa shape index (κ3) is 5.09. The summed E-state index contributed by atoms with van der Waals surface area (Å²) >= 11 is 1.66. The zero-order valence-electron chi connectivity index (χ0n) is 16.8. The Bertz CT molecular complexity index is 882. The van der Waals surface area contributed by atoms with Crippen molar-refractivity contribution in [3.8, 4) is 0 Å². The molecule has 29 heavy (non-hydrogen) atoms. The van der Waals surface area contributed by atoms with Gasteiger partial charge in [-0.1, -0.05) is 31.0 Å². The SMILES string of the molecule is CCCSNc1ccc(C(=O)N2CCN(C(=O)c3ccccc3F)CC2)cc1C. The third-order valence-electron chi connectivity index (χ3n) is 4.92. The molecule has 7 heteroatoms. The molecular weight excluding hydrogens is 389 g/mol. The van der Waals surface area contributed by atoms with Crippen LogP contribution in [0, 0.1) is 12.7 Å². The Morgan fingerprint density at radius 2 is 1.69 bits per heavy atom. The van der Waals surface area contributed by atoms with Crippen LogP contribution < -0.4 is 4.72 Å². The molecule has 1 aliphatic rings. The maximum Gasteiger partial charge on any atom is 0.256 e. The maximum atomic E-state index is 13.9. The van der Waals surface area contributed by atoms with E-state index >= 15 is 0 Å². The summed E-state index contributed by atoms with van der Waals surface area (Å²) in [6.45, 7) is 5.77. The fourth-order valence-electron chi connectivity index (χ4n) is 3.24. The first kappa shape index (κ1) is 21.2. The summed E-state index contributed by atoms with van der Waals surface area (Å²) in [7, 11) is 0. The molecule has 0 spiro atoms. The zero-order valence-corrected chi connectivity index (χ0v) is 17.6. The molecule has 0 unspecified atom stereocenters. The molecule has 0 bridgehead atoms. The third-order valence-corrected chi connectivity index (χ3v) is 5.90. The van der Waals surface area contributed by atoms with Gasteiger partial charge in [0.15, 0.2) is 0 Å². The summed E-state index contributed by atoms with van der Waals surface area (Å²) in [5.41, 5.74) is 2.75. The minimum Gasteiger partial charge on any atom is -0.335 e. The topological polar surface area (TPSA) is 52.7 Å². The molecule has 2 aromatic rings. The molecule has 1 heterocycles. The number of hydrogen-bond acceptors (Lipinski definition) is 4. The lowest BCUT2D eigenvalue weighted by Gasteiger charge is -2.35. The molecule has 5 nitrogen and oxygen atoms in total. The highest BCUT2D eigenvalue weighted by Crippen LogP contribution is 2.21. The van der Waals surface area contributed by atoms with Gasteiger partial charge < -0.3 is 14.5 Å². The lowest BCUT2D eigenvalue weighted by molar-refractivity contribution is 0.0533. The molecule has 2 aromatic carbocycles. The number of nitrogens with one attached hydrogen (secondary N) is 1. The molecule has 1 aliphatic heterocycles. The first-order valence-corrected chi connectivity index (χ1v) is 10.8. The summed E-state index contributed by atoms with van der Waals surface area (Å²) in [6.07, 6.45) is 1.10. The number of benzene rings is 2. The van der Waals surface area contributed by atoms with E-state index in [1.54, 1.807) is 33.9 Å². The zero-order chi connectivity index (χ0) is 20.8. The van der Waals surface area contributed by atoms with E-state index in [0.29, 0.717) is 31.7 Å². The molecule has 1 N–H and O–H groups in total. The average Bonchev–Trinajstić information content (AvgIpc) is 2.74. The Labute approximate surface area is 175 Å². The van der Waals surface area contributed by atoms with E-state index in [1.807, 2.05) is 25.1 Å². The molecule has 154 valence electrons. The number of carbonyl (C=O) groups excluding carboxylic acids is 2. The van der Waals surface area contributed by atoms with Gasteiger partial charge in [-0.2, -0.15) is 0 Å². The molecule has 0 atom stereocenters. The number of hydrogen-bond donors (Lipinski definition) is 1. The number of nitrogens with zero attached hydrogens (tertiary/aromatic N) is 2. The fourth-order valence-corrected chi connectivity index (χ4v) is 3.93. The molecule has 0 saturated carbocycles. The van der Waals surface area contributed by atoms with E-state index in [4.69, 9.17) is 0 Å². The van der Waals surface area contributed by atoms with Gasteiger partial charge in [0.2, 0.25) is 0 Å². The van der Waals surface area contributed by atoms with E-state index in [9.17, 15) is 14.0 Å². The highest BCUT2D eigenvalue weighted by atomic mass is 32.2. The molecule has 3 rings (SSSR count). The Kier molecular flexibility index (Phi) is 7.14. The normalized spacial score (nSPS) is 14.0. The predicted octanol–water partition coefficient (Wildman–Crippen LogP) is 4.20. The molecule has 1 saturated heterocycles. The molecule has 0 aliphatic carbocycles. The monoisotopic (exact) mass is 415 g/mol. The smallest absolute Gasteiger partial charge is 0.256 e. The van der Waals surface area contributed by atoms with Gasteiger partial charge in [-0.15, -0.1) is 0 Å². The predicted molar refractivity (Wildman–Crippen MR) is 116 cm³/mol.